The van der Waals surface area contributed by atoms with Gasteiger partial charge in [0.1, 0.15) is 19.3 Å². The van der Waals surface area contributed by atoms with Crippen LogP contribution in [0.1, 0.15) is 433 Å². The summed E-state index contributed by atoms with van der Waals surface area (Å²) in [6, 6.07) is 0. The molecule has 0 saturated heterocycles. The Kier molecular flexibility index (Phi) is 72.2. The first-order valence-corrected chi connectivity index (χ1v) is 45.5. The molecule has 0 aliphatic heterocycles. The van der Waals surface area contributed by atoms with Gasteiger partial charge >= 0.3 is 39.5 Å². The van der Waals surface area contributed by atoms with Gasteiger partial charge in [-0.3, -0.25) is 37.3 Å². The molecule has 0 saturated carbocycles. The first kappa shape index (κ1) is 99.1. The lowest BCUT2D eigenvalue weighted by molar-refractivity contribution is -0.161. The minimum atomic E-state index is -4.96. The molecule has 0 bridgehead atoms. The lowest BCUT2D eigenvalue weighted by Crippen LogP contribution is -2.30. The number of carbonyl (C=O) groups is 4. The molecule has 0 aromatic rings. The molecule has 19 heteroatoms. The first-order valence-electron chi connectivity index (χ1n) is 42.5. The van der Waals surface area contributed by atoms with Crippen LogP contribution in [0, 0.1) is 11.8 Å². The topological polar surface area (TPSA) is 237 Å². The highest BCUT2D eigenvalue weighted by atomic mass is 31.2. The Labute approximate surface area is 619 Å². The van der Waals surface area contributed by atoms with E-state index in [0.717, 1.165) is 102 Å². The van der Waals surface area contributed by atoms with Crippen LogP contribution in [0.5, 0.6) is 0 Å². The normalized spacial score (nSPS) is 13.9. The van der Waals surface area contributed by atoms with Crippen LogP contribution in [0.2, 0.25) is 0 Å². The molecule has 0 heterocycles. The molecule has 0 radical (unpaired) electrons. The third-order valence-corrected chi connectivity index (χ3v) is 21.1. The molecule has 0 fully saturated rings. The Bertz CT molecular complexity index is 1940. The Morgan fingerprint density at radius 2 is 0.455 bits per heavy atom. The summed E-state index contributed by atoms with van der Waals surface area (Å²) >= 11 is 0. The molecule has 2 unspecified atom stereocenters. The highest BCUT2D eigenvalue weighted by Gasteiger charge is 2.30. The van der Waals surface area contributed by atoms with Gasteiger partial charge in [-0.1, -0.05) is 382 Å². The van der Waals surface area contributed by atoms with E-state index in [-0.39, 0.29) is 25.7 Å². The van der Waals surface area contributed by atoms with Crippen LogP contribution in [0.25, 0.3) is 0 Å². The van der Waals surface area contributed by atoms with E-state index in [1.165, 1.54) is 250 Å². The highest BCUT2D eigenvalue weighted by molar-refractivity contribution is 7.47. The molecule has 3 N–H and O–H groups in total. The largest absolute Gasteiger partial charge is 0.472 e. The molecule has 0 rings (SSSR count). The predicted octanol–water partition coefficient (Wildman–Crippen LogP) is 24.7. The van der Waals surface area contributed by atoms with E-state index in [0.29, 0.717) is 25.7 Å². The summed E-state index contributed by atoms with van der Waals surface area (Å²) in [5.74, 6) is -0.647. The van der Waals surface area contributed by atoms with Crippen LogP contribution >= 0.6 is 15.6 Å². The summed E-state index contributed by atoms with van der Waals surface area (Å²) in [5, 5.41) is 10.6. The SMILES string of the molecule is CCCCCCCCCCCCCCCCCCCCCCC(=O)O[C@H](COC(=O)CCCCCCCCCCCCCCCCCCCC)COP(=O)(O)OC[C@@H](O)COP(=O)(O)OC[C@@H](COC(=O)CCCCCCCCCCC(C)C)OC(=O)CCCCCCCCCCCC(C)C. The zero-order chi connectivity index (χ0) is 74.2. The van der Waals surface area contributed by atoms with Crippen LogP contribution in [0.4, 0.5) is 0 Å². The average Bonchev–Trinajstić information content (AvgIpc) is 0.920. The summed E-state index contributed by atoms with van der Waals surface area (Å²) in [4.78, 5) is 73.0. The van der Waals surface area contributed by atoms with Crippen molar-refractivity contribution in [2.75, 3.05) is 39.6 Å². The van der Waals surface area contributed by atoms with Crippen LogP contribution < -0.4 is 0 Å². The standard InChI is InChI=1S/C82H160O17P2/c1-7-9-11-13-15-17-19-21-23-25-27-28-30-32-34-36-40-48-54-60-66-81(86)98-77(70-92-79(84)64-58-52-46-39-35-33-31-29-26-24-22-20-18-16-14-12-10-8-2)72-96-100(88,89)94-68-76(83)69-95-101(90,91)97-73-78(71-93-80(85)65-59-53-47-43-42-45-51-57-63-75(5)6)99-82(87)67-61-55-49-41-37-38-44-50-56-62-74(3)4/h74-78,83H,7-73H2,1-6H3,(H,88,89)(H,90,91)/t76-,77-,78-/m1/s1. The monoisotopic (exact) mass is 1480 g/mol. The van der Waals surface area contributed by atoms with Crippen molar-refractivity contribution in [2.24, 2.45) is 11.8 Å². The average molecular weight is 1480 g/mol. The summed E-state index contributed by atoms with van der Waals surface area (Å²) in [7, 11) is -9.92. The van der Waals surface area contributed by atoms with E-state index in [2.05, 4.69) is 41.5 Å². The maximum absolute atomic E-state index is 13.1. The number of aliphatic hydroxyl groups is 1. The first-order chi connectivity index (χ1) is 48.9. The Balaban J connectivity index is 5.23. The molecule has 0 spiro atoms. The number of unbranched alkanes of at least 4 members (excludes halogenated alkanes) is 51. The molecular weight excluding hydrogens is 1320 g/mol. The van der Waals surface area contributed by atoms with Gasteiger partial charge in [-0.15, -0.1) is 0 Å². The number of esters is 4. The van der Waals surface area contributed by atoms with Crippen molar-refractivity contribution >= 4 is 39.5 Å². The number of phosphoric acid groups is 2. The van der Waals surface area contributed by atoms with Gasteiger partial charge in [0.2, 0.25) is 0 Å². The number of aliphatic hydroxyl groups excluding tert-OH is 1. The zero-order valence-corrected chi connectivity index (χ0v) is 68.0. The fourth-order valence-corrected chi connectivity index (χ4v) is 14.3. The lowest BCUT2D eigenvalue weighted by Gasteiger charge is -2.21. The number of phosphoric ester groups is 2. The van der Waals surface area contributed by atoms with Crippen molar-refractivity contribution in [1.29, 1.82) is 0 Å². The van der Waals surface area contributed by atoms with Gasteiger partial charge in [0.25, 0.3) is 0 Å². The van der Waals surface area contributed by atoms with Gasteiger partial charge in [-0.25, -0.2) is 9.13 Å². The van der Waals surface area contributed by atoms with E-state index >= 15 is 0 Å². The number of ether oxygens (including phenoxy) is 4. The summed E-state index contributed by atoms with van der Waals surface area (Å²) in [6.45, 7) is 9.58. The second-order valence-electron chi connectivity index (χ2n) is 30.5. The van der Waals surface area contributed by atoms with Gasteiger partial charge in [-0.05, 0) is 37.5 Å². The Morgan fingerprint density at radius 1 is 0.267 bits per heavy atom. The maximum Gasteiger partial charge on any atom is 0.472 e. The van der Waals surface area contributed by atoms with E-state index in [4.69, 9.17) is 37.0 Å². The number of hydrogen-bond acceptors (Lipinski definition) is 15. The third-order valence-electron chi connectivity index (χ3n) is 19.2. The number of hydrogen-bond donors (Lipinski definition) is 3. The smallest absolute Gasteiger partial charge is 0.462 e. The van der Waals surface area contributed by atoms with Crippen molar-refractivity contribution in [3.8, 4) is 0 Å². The second kappa shape index (κ2) is 73.6. The van der Waals surface area contributed by atoms with Crippen molar-refractivity contribution in [2.45, 2.75) is 452 Å². The third kappa shape index (κ3) is 76.1. The number of carbonyl (C=O) groups excluding carboxylic acids is 4. The second-order valence-corrected chi connectivity index (χ2v) is 33.4. The van der Waals surface area contributed by atoms with Crippen LogP contribution in [0.3, 0.4) is 0 Å². The molecule has 0 aliphatic rings. The minimum absolute atomic E-state index is 0.105. The van der Waals surface area contributed by atoms with Gasteiger partial charge in [0.15, 0.2) is 12.2 Å². The van der Waals surface area contributed by atoms with Crippen LogP contribution in [-0.4, -0.2) is 96.7 Å². The van der Waals surface area contributed by atoms with E-state index in [1.807, 2.05) is 0 Å². The van der Waals surface area contributed by atoms with Crippen molar-refractivity contribution in [1.82, 2.24) is 0 Å². The van der Waals surface area contributed by atoms with Crippen molar-refractivity contribution in [3.05, 3.63) is 0 Å². The quantitative estimate of drug-likeness (QED) is 0.0222. The Hall–Kier alpha value is -1.94. The molecule has 17 nitrogen and oxygen atoms in total. The van der Waals surface area contributed by atoms with Gasteiger partial charge in [0, 0.05) is 25.7 Å². The minimum Gasteiger partial charge on any atom is -0.462 e. The Morgan fingerprint density at radius 3 is 0.673 bits per heavy atom. The molecule has 0 amide bonds. The fourth-order valence-electron chi connectivity index (χ4n) is 12.7. The predicted molar refractivity (Wildman–Crippen MR) is 414 cm³/mol. The molecule has 0 aromatic heterocycles. The molecule has 101 heavy (non-hydrogen) atoms. The van der Waals surface area contributed by atoms with Gasteiger partial charge in [0.05, 0.1) is 26.4 Å². The van der Waals surface area contributed by atoms with Gasteiger partial charge < -0.3 is 33.8 Å². The molecular formula is C82H160O17P2. The van der Waals surface area contributed by atoms with Gasteiger partial charge in [-0.2, -0.15) is 0 Å². The van der Waals surface area contributed by atoms with Crippen LogP contribution in [0.15, 0.2) is 0 Å². The highest BCUT2D eigenvalue weighted by Crippen LogP contribution is 2.45. The number of rotatable bonds is 81. The van der Waals surface area contributed by atoms with Crippen LogP contribution in [-0.2, 0) is 65.4 Å². The maximum atomic E-state index is 13.1. The molecule has 600 valence electrons. The van der Waals surface area contributed by atoms with E-state index in [9.17, 15) is 43.2 Å². The summed E-state index contributed by atoms with van der Waals surface area (Å²) in [5.41, 5.74) is 0. The molecule has 5 atom stereocenters. The fraction of sp³-hybridized carbons (Fsp3) is 0.951. The summed E-state index contributed by atoms with van der Waals surface area (Å²) in [6.07, 6.45) is 64.0. The summed E-state index contributed by atoms with van der Waals surface area (Å²) < 4.78 is 68.7. The zero-order valence-electron chi connectivity index (χ0n) is 66.2. The lowest BCUT2D eigenvalue weighted by atomic mass is 10.0. The molecule has 0 aromatic carbocycles. The van der Waals surface area contributed by atoms with E-state index in [1.54, 1.807) is 0 Å². The van der Waals surface area contributed by atoms with E-state index < -0.39 is 97.5 Å². The molecule has 0 aliphatic carbocycles. The van der Waals surface area contributed by atoms with Crippen molar-refractivity contribution in [3.63, 3.8) is 0 Å². The van der Waals surface area contributed by atoms with Crippen molar-refractivity contribution < 1.29 is 80.2 Å².